The van der Waals surface area contributed by atoms with E-state index in [0.717, 1.165) is 18.7 Å². The molecule has 0 fully saturated rings. The highest BCUT2D eigenvalue weighted by atomic mass is 79.9. The van der Waals surface area contributed by atoms with Crippen LogP contribution in [-0.2, 0) is 0 Å². The summed E-state index contributed by atoms with van der Waals surface area (Å²) in [6, 6.07) is 10.4. The lowest BCUT2D eigenvalue weighted by Gasteiger charge is -2.35. The molecule has 2 aliphatic rings. The van der Waals surface area contributed by atoms with E-state index in [9.17, 15) is 5.11 Å². The van der Waals surface area contributed by atoms with Crippen LogP contribution in [0.3, 0.4) is 0 Å². The zero-order valence-electron chi connectivity index (χ0n) is 12.8. The van der Waals surface area contributed by atoms with Crippen LogP contribution in [0.2, 0.25) is 0 Å². The Kier molecular flexibility index (Phi) is 4.76. The Balaban J connectivity index is 0.00000161. The lowest BCUT2D eigenvalue weighted by Crippen LogP contribution is -3.00. The third-order valence-electron chi connectivity index (χ3n) is 4.31. The van der Waals surface area contributed by atoms with E-state index in [-0.39, 0.29) is 22.4 Å². The number of benzene rings is 1. The molecular formula is C16H23BrN2OS. The minimum absolute atomic E-state index is 0. The normalized spacial score (nSPS) is 25.6. The summed E-state index contributed by atoms with van der Waals surface area (Å²) < 4.78 is 2.22. The van der Waals surface area contributed by atoms with Gasteiger partial charge in [0.15, 0.2) is 6.54 Å². The summed E-state index contributed by atoms with van der Waals surface area (Å²) in [7, 11) is 0. The van der Waals surface area contributed by atoms with Gasteiger partial charge in [-0.3, -0.25) is 0 Å². The van der Waals surface area contributed by atoms with E-state index in [0.29, 0.717) is 6.54 Å². The van der Waals surface area contributed by atoms with Crippen molar-refractivity contribution in [1.82, 2.24) is 0 Å². The van der Waals surface area contributed by atoms with E-state index in [4.69, 9.17) is 0 Å². The summed E-state index contributed by atoms with van der Waals surface area (Å²) in [5.74, 6) is 1.13. The summed E-state index contributed by atoms with van der Waals surface area (Å²) >= 11 is 1.86. The molecule has 0 amide bonds. The Labute approximate surface area is 141 Å². The SMILES string of the molecule is CC(C)(C)C1(O)CN(c2ccccc2)C2=[N+]1CCCS2.[Br-]. The number of thioether (sulfide) groups is 1. The minimum Gasteiger partial charge on any atom is -1.00 e. The van der Waals surface area contributed by atoms with Crippen LogP contribution in [-0.4, -0.2) is 39.4 Å². The summed E-state index contributed by atoms with van der Waals surface area (Å²) in [6.45, 7) is 7.96. The number of hydrogen-bond acceptors (Lipinski definition) is 3. The van der Waals surface area contributed by atoms with Crippen molar-refractivity contribution < 1.29 is 26.7 Å². The number of aliphatic hydroxyl groups is 1. The molecule has 1 aromatic rings. The van der Waals surface area contributed by atoms with E-state index in [1.807, 2.05) is 17.8 Å². The van der Waals surface area contributed by atoms with Gasteiger partial charge in [0.2, 0.25) is 5.72 Å². The van der Waals surface area contributed by atoms with Gasteiger partial charge in [-0.1, -0.05) is 39.0 Å². The van der Waals surface area contributed by atoms with Crippen LogP contribution in [0.4, 0.5) is 5.69 Å². The molecule has 3 nitrogen and oxygen atoms in total. The average molecular weight is 371 g/mol. The quantitative estimate of drug-likeness (QED) is 0.690. The van der Waals surface area contributed by atoms with E-state index in [1.54, 1.807) is 0 Å². The van der Waals surface area contributed by atoms with Crippen LogP contribution in [0.1, 0.15) is 27.2 Å². The lowest BCUT2D eigenvalue weighted by atomic mass is 9.82. The number of nitrogens with zero attached hydrogens (tertiary/aromatic N) is 2. The highest BCUT2D eigenvalue weighted by Crippen LogP contribution is 2.40. The smallest absolute Gasteiger partial charge is 0.316 e. The first-order valence-corrected chi connectivity index (χ1v) is 8.24. The van der Waals surface area contributed by atoms with Crippen molar-refractivity contribution in [3.63, 3.8) is 0 Å². The summed E-state index contributed by atoms with van der Waals surface area (Å²) in [4.78, 5) is 2.27. The van der Waals surface area contributed by atoms with Gasteiger partial charge in [0, 0.05) is 11.2 Å². The molecule has 1 atom stereocenters. The maximum Gasteiger partial charge on any atom is 0.316 e. The second-order valence-electron chi connectivity index (χ2n) is 6.62. The van der Waals surface area contributed by atoms with Crippen LogP contribution >= 0.6 is 11.8 Å². The third kappa shape index (κ3) is 2.76. The molecule has 0 spiro atoms. The van der Waals surface area contributed by atoms with E-state index >= 15 is 0 Å². The van der Waals surface area contributed by atoms with Gasteiger partial charge in [0.05, 0.1) is 6.54 Å². The first-order valence-electron chi connectivity index (χ1n) is 7.26. The monoisotopic (exact) mass is 370 g/mol. The van der Waals surface area contributed by atoms with Gasteiger partial charge in [-0.05, 0) is 30.3 Å². The van der Waals surface area contributed by atoms with Gasteiger partial charge in [-0.2, -0.15) is 0 Å². The Bertz CT molecular complexity index is 541. The van der Waals surface area contributed by atoms with Gasteiger partial charge < -0.3 is 22.1 Å². The Morgan fingerprint density at radius 1 is 1.24 bits per heavy atom. The van der Waals surface area contributed by atoms with Crippen LogP contribution in [0.15, 0.2) is 30.3 Å². The summed E-state index contributed by atoms with van der Waals surface area (Å²) in [5.41, 5.74) is 0.188. The molecule has 5 heteroatoms. The van der Waals surface area contributed by atoms with Crippen molar-refractivity contribution in [2.75, 3.05) is 23.7 Å². The van der Waals surface area contributed by atoms with Crippen molar-refractivity contribution in [3.8, 4) is 0 Å². The molecule has 0 saturated carbocycles. The van der Waals surface area contributed by atoms with Crippen molar-refractivity contribution in [1.29, 1.82) is 0 Å². The van der Waals surface area contributed by atoms with Crippen molar-refractivity contribution in [2.24, 2.45) is 5.41 Å². The van der Waals surface area contributed by atoms with E-state index in [1.165, 1.54) is 10.9 Å². The zero-order valence-corrected chi connectivity index (χ0v) is 15.2. The van der Waals surface area contributed by atoms with Gasteiger partial charge in [-0.25, -0.2) is 9.48 Å². The highest BCUT2D eigenvalue weighted by Gasteiger charge is 2.58. The molecule has 2 heterocycles. The van der Waals surface area contributed by atoms with E-state index in [2.05, 4.69) is 54.5 Å². The van der Waals surface area contributed by atoms with Gasteiger partial charge in [-0.15, -0.1) is 0 Å². The molecule has 1 aromatic carbocycles. The minimum atomic E-state index is -0.800. The molecule has 3 rings (SSSR count). The van der Waals surface area contributed by atoms with Crippen LogP contribution in [0.5, 0.6) is 0 Å². The number of β-amino-alcohol motifs (C(OH)–C–C–N with tert-alkyl or cyclic N) is 1. The predicted octanol–water partition coefficient (Wildman–Crippen LogP) is -0.249. The number of halogens is 1. The van der Waals surface area contributed by atoms with Gasteiger partial charge >= 0.3 is 5.17 Å². The average Bonchev–Trinajstić information content (AvgIpc) is 2.75. The molecule has 1 unspecified atom stereocenters. The second kappa shape index (κ2) is 5.94. The third-order valence-corrected chi connectivity index (χ3v) is 5.50. The van der Waals surface area contributed by atoms with Crippen LogP contribution in [0.25, 0.3) is 0 Å². The number of hydrogen-bond donors (Lipinski definition) is 1. The fraction of sp³-hybridized carbons (Fsp3) is 0.562. The fourth-order valence-electron chi connectivity index (χ4n) is 2.95. The molecule has 0 aliphatic carbocycles. The number of rotatable bonds is 1. The molecule has 0 bridgehead atoms. The molecule has 0 saturated heterocycles. The molecule has 116 valence electrons. The topological polar surface area (TPSA) is 26.5 Å². The maximum absolute atomic E-state index is 11.3. The first-order chi connectivity index (χ1) is 9.43. The molecule has 0 radical (unpaired) electrons. The molecular weight excluding hydrogens is 348 g/mol. The molecule has 2 aliphatic heterocycles. The molecule has 0 aromatic heterocycles. The highest BCUT2D eigenvalue weighted by molar-refractivity contribution is 8.13. The van der Waals surface area contributed by atoms with Crippen molar-refractivity contribution in [2.45, 2.75) is 32.9 Å². The Morgan fingerprint density at radius 2 is 1.90 bits per heavy atom. The van der Waals surface area contributed by atoms with Gasteiger partial charge in [0.1, 0.15) is 5.69 Å². The fourth-order valence-corrected chi connectivity index (χ4v) is 4.13. The predicted molar refractivity (Wildman–Crippen MR) is 85.4 cm³/mol. The Hall–Kier alpha value is -0.520. The van der Waals surface area contributed by atoms with E-state index < -0.39 is 5.72 Å². The zero-order chi connectivity index (χ0) is 14.4. The van der Waals surface area contributed by atoms with Crippen molar-refractivity contribution in [3.05, 3.63) is 30.3 Å². The van der Waals surface area contributed by atoms with Crippen molar-refractivity contribution >= 4 is 22.6 Å². The number of para-hydroxylation sites is 1. The van der Waals surface area contributed by atoms with Crippen LogP contribution in [0, 0.1) is 5.41 Å². The lowest BCUT2D eigenvalue weighted by molar-refractivity contribution is -0.664. The first kappa shape index (κ1) is 16.8. The largest absolute Gasteiger partial charge is 1.00 e. The summed E-state index contributed by atoms with van der Waals surface area (Å²) in [5, 5.41) is 12.5. The maximum atomic E-state index is 11.3. The number of anilines is 1. The molecule has 1 N–H and O–H groups in total. The summed E-state index contributed by atoms with van der Waals surface area (Å²) in [6.07, 6.45) is 1.13. The van der Waals surface area contributed by atoms with Crippen LogP contribution < -0.4 is 21.9 Å². The second-order valence-corrected chi connectivity index (χ2v) is 7.69. The number of amidine groups is 1. The van der Waals surface area contributed by atoms with Gasteiger partial charge in [0.25, 0.3) is 0 Å². The standard InChI is InChI=1S/C16H23N2OS.BrH/c1-15(2,3)16(19)12-17(13-8-5-4-6-9-13)14-18(16)10-7-11-20-14;/h4-6,8-9,19H,7,10-12H2,1-3H3;1H/q+1;/p-1. The Morgan fingerprint density at radius 3 is 2.52 bits per heavy atom. The molecule has 21 heavy (non-hydrogen) atoms.